The molecule has 0 amide bonds. The van der Waals surface area contributed by atoms with Crippen molar-refractivity contribution in [2.45, 2.75) is 25.5 Å². The summed E-state index contributed by atoms with van der Waals surface area (Å²) in [6, 6.07) is 3.83. The summed E-state index contributed by atoms with van der Waals surface area (Å²) >= 11 is 3.40. The van der Waals surface area contributed by atoms with Gasteiger partial charge >= 0.3 is 0 Å². The summed E-state index contributed by atoms with van der Waals surface area (Å²) in [4.78, 5) is 4.37. The van der Waals surface area contributed by atoms with Crippen molar-refractivity contribution in [1.82, 2.24) is 9.38 Å². The average Bonchev–Trinajstić information content (AvgIpc) is 2.66. The van der Waals surface area contributed by atoms with Crippen molar-refractivity contribution in [2.24, 2.45) is 4.40 Å². The summed E-state index contributed by atoms with van der Waals surface area (Å²) in [5.74, 6) is 0. The Bertz CT molecular complexity index is 628. The molecule has 0 aliphatic carbocycles. The molecule has 2 aromatic rings. The first-order chi connectivity index (χ1) is 8.36. The first-order valence-corrected chi connectivity index (χ1v) is 7.36. The lowest BCUT2D eigenvalue weighted by Crippen LogP contribution is -2.19. The lowest BCUT2D eigenvalue weighted by molar-refractivity contribution is 0.651. The van der Waals surface area contributed by atoms with Crippen LogP contribution >= 0.6 is 15.9 Å². The Labute approximate surface area is 117 Å². The molecule has 6 heteroatoms. The number of aromatic nitrogens is 2. The van der Waals surface area contributed by atoms with E-state index in [1.807, 2.05) is 49.7 Å². The predicted molar refractivity (Wildman–Crippen MR) is 78.4 cm³/mol. The third-order valence-corrected chi connectivity index (χ3v) is 4.05. The quantitative estimate of drug-likeness (QED) is 0.796. The van der Waals surface area contributed by atoms with Crippen LogP contribution in [0.4, 0.5) is 0 Å². The van der Waals surface area contributed by atoms with Crippen LogP contribution in [0.2, 0.25) is 0 Å². The zero-order valence-corrected chi connectivity index (χ0v) is 12.8. The number of imidazole rings is 1. The van der Waals surface area contributed by atoms with Crippen molar-refractivity contribution in [3.8, 4) is 0 Å². The summed E-state index contributed by atoms with van der Waals surface area (Å²) in [6.45, 7) is 5.67. The van der Waals surface area contributed by atoms with Gasteiger partial charge in [0.15, 0.2) is 0 Å². The van der Waals surface area contributed by atoms with Gasteiger partial charge in [0.25, 0.3) is 0 Å². The van der Waals surface area contributed by atoms with Crippen molar-refractivity contribution in [1.29, 1.82) is 0 Å². The largest absolute Gasteiger partial charge is 0.305 e. The Morgan fingerprint density at radius 1 is 1.39 bits per heavy atom. The highest BCUT2D eigenvalue weighted by atomic mass is 79.9. The molecule has 0 spiro atoms. The maximum absolute atomic E-state index is 11.8. The molecule has 0 aliphatic rings. The first-order valence-electron chi connectivity index (χ1n) is 5.46. The molecular weight excluding hydrogens is 314 g/mol. The fourth-order valence-electron chi connectivity index (χ4n) is 1.31. The molecule has 0 fully saturated rings. The second-order valence-corrected chi connectivity index (χ2v) is 7.72. The van der Waals surface area contributed by atoms with E-state index in [4.69, 9.17) is 0 Å². The van der Waals surface area contributed by atoms with E-state index in [1.165, 1.54) is 0 Å². The molecule has 4 nitrogen and oxygen atoms in total. The molecule has 1 unspecified atom stereocenters. The monoisotopic (exact) mass is 327 g/mol. The van der Waals surface area contributed by atoms with Crippen LogP contribution < -0.4 is 0 Å². The average molecular weight is 328 g/mol. The maximum Gasteiger partial charge on any atom is 0.144 e. The normalized spacial score (nSPS) is 14.4. The molecule has 1 atom stereocenters. The van der Waals surface area contributed by atoms with Crippen LogP contribution in [0, 0.1) is 0 Å². The molecule has 0 aliphatic heterocycles. The van der Waals surface area contributed by atoms with E-state index >= 15 is 0 Å². The summed E-state index contributed by atoms with van der Waals surface area (Å²) < 4.78 is 18.3. The van der Waals surface area contributed by atoms with Crippen molar-refractivity contribution in [3.05, 3.63) is 34.7 Å². The maximum atomic E-state index is 11.8. The highest BCUT2D eigenvalue weighted by Gasteiger charge is 2.18. The molecule has 2 rings (SSSR count). The van der Waals surface area contributed by atoms with Gasteiger partial charge in [0.2, 0.25) is 0 Å². The first kappa shape index (κ1) is 13.4. The van der Waals surface area contributed by atoms with Gasteiger partial charge in [-0.2, -0.15) is 4.40 Å². The van der Waals surface area contributed by atoms with Gasteiger partial charge in [-0.25, -0.2) is 9.19 Å². The summed E-state index contributed by atoms with van der Waals surface area (Å²) in [7, 11) is -1.25. The molecule has 0 N–H and O–H groups in total. The molecule has 18 heavy (non-hydrogen) atoms. The number of pyridine rings is 1. The van der Waals surface area contributed by atoms with Gasteiger partial charge < -0.3 is 4.40 Å². The van der Waals surface area contributed by atoms with Crippen LogP contribution in [0.1, 0.15) is 26.5 Å². The minimum Gasteiger partial charge on any atom is -0.305 e. The fraction of sp³-hybridized carbons (Fsp3) is 0.333. The van der Waals surface area contributed by atoms with E-state index in [0.29, 0.717) is 5.69 Å². The molecule has 2 aromatic heterocycles. The van der Waals surface area contributed by atoms with Crippen LogP contribution in [0.25, 0.3) is 5.65 Å². The van der Waals surface area contributed by atoms with E-state index in [0.717, 1.165) is 10.1 Å². The SMILES string of the molecule is CC(C)(C)S(=O)/N=C/c1cn2cc(Br)ccc2n1. The fourth-order valence-corrected chi connectivity index (χ4v) is 2.18. The third kappa shape index (κ3) is 3.05. The van der Waals surface area contributed by atoms with Gasteiger partial charge in [-0.15, -0.1) is 0 Å². The topological polar surface area (TPSA) is 46.7 Å². The van der Waals surface area contributed by atoms with Gasteiger partial charge in [-0.3, -0.25) is 0 Å². The van der Waals surface area contributed by atoms with Crippen molar-refractivity contribution in [3.63, 3.8) is 0 Å². The van der Waals surface area contributed by atoms with Gasteiger partial charge in [0.05, 0.1) is 11.0 Å². The molecule has 0 saturated heterocycles. The molecule has 0 saturated carbocycles. The molecular formula is C12H14BrN3OS. The summed E-state index contributed by atoms with van der Waals surface area (Å²) in [5, 5.41) is 0. The van der Waals surface area contributed by atoms with Crippen molar-refractivity contribution >= 4 is 38.8 Å². The van der Waals surface area contributed by atoms with Crippen molar-refractivity contribution < 1.29 is 4.21 Å². The summed E-state index contributed by atoms with van der Waals surface area (Å²) in [5.41, 5.74) is 1.53. The van der Waals surface area contributed by atoms with Gasteiger partial charge in [0, 0.05) is 16.9 Å². The van der Waals surface area contributed by atoms with Crippen LogP contribution in [0.5, 0.6) is 0 Å². The number of nitrogens with zero attached hydrogens (tertiary/aromatic N) is 3. The Kier molecular flexibility index (Phi) is 3.68. The number of halogens is 1. The number of hydrogen-bond acceptors (Lipinski definition) is 2. The lowest BCUT2D eigenvalue weighted by Gasteiger charge is -2.12. The highest BCUT2D eigenvalue weighted by molar-refractivity contribution is 9.10. The number of rotatable bonds is 2. The minimum atomic E-state index is -1.25. The Hall–Kier alpha value is -1.01. The Morgan fingerprint density at radius 2 is 2.11 bits per heavy atom. The third-order valence-electron chi connectivity index (χ3n) is 2.24. The summed E-state index contributed by atoms with van der Waals surface area (Å²) in [6.07, 6.45) is 5.33. The molecule has 96 valence electrons. The Balaban J connectivity index is 2.27. The highest BCUT2D eigenvalue weighted by Crippen LogP contribution is 2.14. The van der Waals surface area contributed by atoms with Crippen LogP contribution in [0.3, 0.4) is 0 Å². The second-order valence-electron chi connectivity index (χ2n) is 4.87. The smallest absolute Gasteiger partial charge is 0.144 e. The predicted octanol–water partition coefficient (Wildman–Crippen LogP) is 2.98. The van der Waals surface area contributed by atoms with Crippen LogP contribution in [-0.4, -0.2) is 24.6 Å². The second kappa shape index (κ2) is 4.93. The van der Waals surface area contributed by atoms with Gasteiger partial charge in [-0.05, 0) is 48.8 Å². The van der Waals surface area contributed by atoms with E-state index in [1.54, 1.807) is 6.21 Å². The van der Waals surface area contributed by atoms with Crippen LogP contribution in [-0.2, 0) is 11.0 Å². The zero-order valence-electron chi connectivity index (χ0n) is 10.4. The van der Waals surface area contributed by atoms with Gasteiger partial charge in [-0.1, -0.05) is 0 Å². The van der Waals surface area contributed by atoms with E-state index in [-0.39, 0.29) is 4.75 Å². The lowest BCUT2D eigenvalue weighted by atomic mass is 10.3. The number of fused-ring (bicyclic) bond motifs is 1. The zero-order chi connectivity index (χ0) is 13.3. The van der Waals surface area contributed by atoms with Gasteiger partial charge in [0.1, 0.15) is 22.3 Å². The van der Waals surface area contributed by atoms with E-state index in [2.05, 4.69) is 25.3 Å². The minimum absolute atomic E-state index is 0.349. The molecule has 0 aromatic carbocycles. The number of hydrogen-bond donors (Lipinski definition) is 0. The standard InChI is InChI=1S/C12H14BrN3OS/c1-12(2,3)18(17)14-6-10-8-16-7-9(13)4-5-11(16)15-10/h4-8H,1-3H3/b14-6+. The van der Waals surface area contributed by atoms with E-state index in [9.17, 15) is 4.21 Å². The molecule has 0 bridgehead atoms. The molecule has 2 heterocycles. The Morgan fingerprint density at radius 3 is 2.78 bits per heavy atom. The van der Waals surface area contributed by atoms with Crippen LogP contribution in [0.15, 0.2) is 33.4 Å². The van der Waals surface area contributed by atoms with E-state index < -0.39 is 11.0 Å². The molecule has 0 radical (unpaired) electrons. The van der Waals surface area contributed by atoms with Crippen molar-refractivity contribution in [2.75, 3.05) is 0 Å².